The fourth-order valence-electron chi connectivity index (χ4n) is 1.70. The Bertz CT molecular complexity index is 421. The Morgan fingerprint density at radius 2 is 2.00 bits per heavy atom. The van der Waals surface area contributed by atoms with Crippen LogP contribution in [-0.4, -0.2) is 13.1 Å². The van der Waals surface area contributed by atoms with Crippen molar-refractivity contribution < 1.29 is 9.53 Å². The van der Waals surface area contributed by atoms with Crippen LogP contribution in [0.4, 0.5) is 0 Å². The predicted molar refractivity (Wildman–Crippen MR) is 75.4 cm³/mol. The van der Waals surface area contributed by atoms with Gasteiger partial charge in [-0.3, -0.25) is 4.79 Å². The van der Waals surface area contributed by atoms with Gasteiger partial charge in [-0.1, -0.05) is 48.9 Å². The van der Waals surface area contributed by atoms with Gasteiger partial charge in [0.05, 0.1) is 13.0 Å². The molecule has 1 rings (SSSR count). The fourth-order valence-corrected chi connectivity index (χ4v) is 1.83. The molecule has 0 saturated heterocycles. The van der Waals surface area contributed by atoms with Crippen molar-refractivity contribution in [1.82, 2.24) is 0 Å². The fraction of sp³-hybridized carbons (Fsp3) is 0.400. The maximum absolute atomic E-state index is 11.3. The summed E-state index contributed by atoms with van der Waals surface area (Å²) in [6, 6.07) is 8.09. The van der Waals surface area contributed by atoms with E-state index in [9.17, 15) is 4.79 Å². The molecule has 0 saturated carbocycles. The van der Waals surface area contributed by atoms with Crippen LogP contribution in [0.5, 0.6) is 0 Å². The van der Waals surface area contributed by atoms with Crippen molar-refractivity contribution in [2.75, 3.05) is 7.11 Å². The molecule has 0 heterocycles. The van der Waals surface area contributed by atoms with Crippen LogP contribution >= 0.6 is 11.6 Å². The number of halogens is 1. The van der Waals surface area contributed by atoms with E-state index in [-0.39, 0.29) is 11.9 Å². The van der Waals surface area contributed by atoms with E-state index in [1.165, 1.54) is 12.7 Å². The summed E-state index contributed by atoms with van der Waals surface area (Å²) in [5.74, 6) is -0.211. The SMILES string of the molecule is CC=C(Cl)c1ccc(CCC(C)C(=O)OC)cc1. The van der Waals surface area contributed by atoms with E-state index in [1.54, 1.807) is 0 Å². The molecule has 0 spiro atoms. The van der Waals surface area contributed by atoms with E-state index >= 15 is 0 Å². The Labute approximate surface area is 114 Å². The van der Waals surface area contributed by atoms with E-state index in [0.29, 0.717) is 0 Å². The molecule has 0 aliphatic carbocycles. The van der Waals surface area contributed by atoms with E-state index in [1.807, 2.05) is 44.2 Å². The highest BCUT2D eigenvalue weighted by Gasteiger charge is 2.12. The third-order valence-electron chi connectivity index (χ3n) is 2.95. The standard InChI is InChI=1S/C15H19ClO2/c1-4-14(16)13-9-7-12(8-10-13)6-5-11(2)15(17)18-3/h4,7-11H,5-6H2,1-3H3. The number of rotatable bonds is 5. The van der Waals surface area contributed by atoms with Crippen LogP contribution in [0.1, 0.15) is 31.4 Å². The Morgan fingerprint density at radius 3 is 2.50 bits per heavy atom. The van der Waals surface area contributed by atoms with Gasteiger partial charge in [0, 0.05) is 5.03 Å². The topological polar surface area (TPSA) is 26.3 Å². The highest BCUT2D eigenvalue weighted by atomic mass is 35.5. The van der Waals surface area contributed by atoms with Crippen LogP contribution in [0.3, 0.4) is 0 Å². The first-order chi connectivity index (χ1) is 8.58. The molecule has 3 heteroatoms. The lowest BCUT2D eigenvalue weighted by atomic mass is 10.0. The Balaban J connectivity index is 2.57. The molecule has 0 fully saturated rings. The van der Waals surface area contributed by atoms with Gasteiger partial charge in [0.1, 0.15) is 0 Å². The van der Waals surface area contributed by atoms with Gasteiger partial charge >= 0.3 is 5.97 Å². The highest BCUT2D eigenvalue weighted by Crippen LogP contribution is 2.20. The Kier molecular flexibility index (Phi) is 5.93. The molecule has 0 radical (unpaired) electrons. The molecule has 1 aromatic rings. The second-order valence-electron chi connectivity index (χ2n) is 4.30. The van der Waals surface area contributed by atoms with E-state index < -0.39 is 0 Å². The lowest BCUT2D eigenvalue weighted by molar-refractivity contribution is -0.145. The van der Waals surface area contributed by atoms with Gasteiger partial charge in [-0.15, -0.1) is 0 Å². The quantitative estimate of drug-likeness (QED) is 0.752. The number of carbonyl (C=O) groups excluding carboxylic acids is 1. The van der Waals surface area contributed by atoms with Crippen LogP contribution in [0, 0.1) is 5.92 Å². The largest absolute Gasteiger partial charge is 0.469 e. The molecular weight excluding hydrogens is 248 g/mol. The van der Waals surface area contributed by atoms with Gasteiger partial charge in [-0.25, -0.2) is 0 Å². The van der Waals surface area contributed by atoms with Gasteiger partial charge in [0.25, 0.3) is 0 Å². The summed E-state index contributed by atoms with van der Waals surface area (Å²) >= 11 is 6.03. The van der Waals surface area contributed by atoms with Gasteiger partial charge in [-0.05, 0) is 30.9 Å². The molecule has 1 atom stereocenters. The second kappa shape index (κ2) is 7.22. The minimum Gasteiger partial charge on any atom is -0.469 e. The predicted octanol–water partition coefficient (Wildman–Crippen LogP) is 4.03. The molecular formula is C15H19ClO2. The van der Waals surface area contributed by atoms with Gasteiger partial charge in [0.2, 0.25) is 0 Å². The van der Waals surface area contributed by atoms with E-state index in [0.717, 1.165) is 23.4 Å². The smallest absolute Gasteiger partial charge is 0.308 e. The van der Waals surface area contributed by atoms with Crippen molar-refractivity contribution in [3.8, 4) is 0 Å². The molecule has 0 N–H and O–H groups in total. The maximum atomic E-state index is 11.3. The van der Waals surface area contributed by atoms with Gasteiger partial charge in [0.15, 0.2) is 0 Å². The van der Waals surface area contributed by atoms with Crippen molar-refractivity contribution >= 4 is 22.6 Å². The summed E-state index contributed by atoms with van der Waals surface area (Å²) < 4.78 is 4.70. The number of methoxy groups -OCH3 is 1. The minimum absolute atomic E-state index is 0.0613. The van der Waals surface area contributed by atoms with Gasteiger partial charge < -0.3 is 4.74 Å². The highest BCUT2D eigenvalue weighted by molar-refractivity contribution is 6.48. The number of hydrogen-bond acceptors (Lipinski definition) is 2. The zero-order chi connectivity index (χ0) is 13.5. The van der Waals surface area contributed by atoms with Crippen LogP contribution < -0.4 is 0 Å². The number of aryl methyl sites for hydroxylation is 1. The lowest BCUT2D eigenvalue weighted by Gasteiger charge is -2.09. The van der Waals surface area contributed by atoms with Crippen molar-refractivity contribution in [3.05, 3.63) is 41.5 Å². The zero-order valence-electron chi connectivity index (χ0n) is 11.1. The molecule has 0 bridgehead atoms. The van der Waals surface area contributed by atoms with Crippen molar-refractivity contribution in [2.45, 2.75) is 26.7 Å². The summed E-state index contributed by atoms with van der Waals surface area (Å²) in [5, 5.41) is 0.754. The molecule has 1 aromatic carbocycles. The monoisotopic (exact) mass is 266 g/mol. The van der Waals surface area contributed by atoms with Gasteiger partial charge in [-0.2, -0.15) is 0 Å². The number of hydrogen-bond donors (Lipinski definition) is 0. The van der Waals surface area contributed by atoms with Crippen LogP contribution in [0.2, 0.25) is 0 Å². The average Bonchev–Trinajstić information content (AvgIpc) is 2.43. The van der Waals surface area contributed by atoms with Crippen molar-refractivity contribution in [2.24, 2.45) is 5.92 Å². The maximum Gasteiger partial charge on any atom is 0.308 e. The Morgan fingerprint density at radius 1 is 1.39 bits per heavy atom. The summed E-state index contributed by atoms with van der Waals surface area (Å²) in [5.41, 5.74) is 2.22. The molecule has 0 aliphatic heterocycles. The summed E-state index contributed by atoms with van der Waals surface area (Å²) in [4.78, 5) is 11.3. The van der Waals surface area contributed by atoms with Crippen LogP contribution in [0.25, 0.3) is 5.03 Å². The van der Waals surface area contributed by atoms with Crippen LogP contribution in [0.15, 0.2) is 30.3 Å². The molecule has 18 heavy (non-hydrogen) atoms. The number of esters is 1. The number of allylic oxidation sites excluding steroid dienone is 1. The first-order valence-corrected chi connectivity index (χ1v) is 6.45. The molecule has 98 valence electrons. The molecule has 2 nitrogen and oxygen atoms in total. The first-order valence-electron chi connectivity index (χ1n) is 6.07. The third kappa shape index (κ3) is 4.19. The second-order valence-corrected chi connectivity index (χ2v) is 4.70. The summed E-state index contributed by atoms with van der Waals surface area (Å²) in [7, 11) is 1.42. The normalized spacial score (nSPS) is 13.2. The minimum atomic E-state index is -0.149. The average molecular weight is 267 g/mol. The number of carbonyl (C=O) groups is 1. The van der Waals surface area contributed by atoms with Crippen molar-refractivity contribution in [3.63, 3.8) is 0 Å². The van der Waals surface area contributed by atoms with Crippen molar-refractivity contribution in [1.29, 1.82) is 0 Å². The van der Waals surface area contributed by atoms with E-state index in [2.05, 4.69) is 0 Å². The molecule has 1 unspecified atom stereocenters. The first kappa shape index (κ1) is 14.8. The number of ether oxygens (including phenoxy) is 1. The third-order valence-corrected chi connectivity index (χ3v) is 3.39. The van der Waals surface area contributed by atoms with Crippen LogP contribution in [-0.2, 0) is 16.0 Å². The summed E-state index contributed by atoms with van der Waals surface area (Å²) in [6.45, 7) is 3.80. The molecule has 0 amide bonds. The van der Waals surface area contributed by atoms with E-state index in [4.69, 9.17) is 16.3 Å². The number of benzene rings is 1. The summed E-state index contributed by atoms with van der Waals surface area (Å²) in [6.07, 6.45) is 3.53. The Hall–Kier alpha value is -1.28. The molecule has 0 aliphatic rings. The molecule has 0 aromatic heterocycles. The lowest BCUT2D eigenvalue weighted by Crippen LogP contribution is -2.13. The zero-order valence-corrected chi connectivity index (χ0v) is 11.8.